The lowest BCUT2D eigenvalue weighted by Gasteiger charge is -2.32. The van der Waals surface area contributed by atoms with E-state index in [0.717, 1.165) is 17.7 Å². The molecule has 2 N–H and O–H groups in total. The highest BCUT2D eigenvalue weighted by atomic mass is 28.3. The molecule has 0 radical (unpaired) electrons. The third kappa shape index (κ3) is 5.97. The number of hydrogen-bond donors (Lipinski definition) is 1. The van der Waals surface area contributed by atoms with E-state index < -0.39 is 19.8 Å². The van der Waals surface area contributed by atoms with E-state index >= 15 is 0 Å². The van der Waals surface area contributed by atoms with E-state index in [2.05, 4.69) is 29.7 Å². The van der Waals surface area contributed by atoms with Crippen molar-refractivity contribution in [3.63, 3.8) is 0 Å². The Hall–Kier alpha value is -3.97. The molecule has 0 saturated carbocycles. The predicted octanol–water partition coefficient (Wildman–Crippen LogP) is 6.25. The van der Waals surface area contributed by atoms with Crippen LogP contribution in [-0.4, -0.2) is 51.4 Å². The second kappa shape index (κ2) is 11.0. The van der Waals surface area contributed by atoms with E-state index in [-0.39, 0.29) is 30.8 Å². The summed E-state index contributed by atoms with van der Waals surface area (Å²) in [7, 11) is -1.28. The predicted molar refractivity (Wildman–Crippen MR) is 158 cm³/mol. The molecule has 9 nitrogen and oxygen atoms in total. The standard InChI is InChI=1S/C29H34F3N7O2Si/c1-18-12-21(7-8-23(18)29(30,31)32)38-15-19(2)39-26(28(38)40)22(14-35-39)24-16-37(17-41-10-11-42(3,4)5)27(36-24)20-6-9-25(33)34-13-20/h6-9,12-14,16,19H,10-11,15,17H2,1-5H3,(H2,33,34)/t19-/m0/s1. The summed E-state index contributed by atoms with van der Waals surface area (Å²) in [6.07, 6.45) is 0.587. The van der Waals surface area contributed by atoms with E-state index in [0.29, 0.717) is 40.9 Å². The molecule has 0 saturated heterocycles. The first-order valence-electron chi connectivity index (χ1n) is 13.7. The molecule has 1 aliphatic heterocycles. The van der Waals surface area contributed by atoms with Gasteiger partial charge >= 0.3 is 6.18 Å². The van der Waals surface area contributed by atoms with E-state index in [9.17, 15) is 18.0 Å². The van der Waals surface area contributed by atoms with Gasteiger partial charge < -0.3 is 19.9 Å². The number of ether oxygens (including phenoxy) is 1. The summed E-state index contributed by atoms with van der Waals surface area (Å²) < 4.78 is 49.6. The van der Waals surface area contributed by atoms with Crippen LogP contribution in [0.1, 0.15) is 34.6 Å². The van der Waals surface area contributed by atoms with Crippen LogP contribution in [0, 0.1) is 6.92 Å². The zero-order valence-corrected chi connectivity index (χ0v) is 25.2. The molecule has 0 spiro atoms. The average Bonchev–Trinajstić information content (AvgIpc) is 3.53. The number of aromatic nitrogens is 5. The maximum atomic E-state index is 13.9. The SMILES string of the molecule is Cc1cc(N2C[C@H](C)n3ncc(-c4cn(COCC[Si](C)(C)C)c(-c5ccc(N)nc5)n4)c3C2=O)ccc1C(F)(F)F. The number of hydrogen-bond acceptors (Lipinski definition) is 6. The lowest BCUT2D eigenvalue weighted by atomic mass is 10.0. The number of pyridine rings is 1. The van der Waals surface area contributed by atoms with Crippen LogP contribution < -0.4 is 10.6 Å². The molecule has 5 rings (SSSR count). The molecule has 0 unspecified atom stereocenters. The van der Waals surface area contributed by atoms with Gasteiger partial charge in [0.15, 0.2) is 0 Å². The monoisotopic (exact) mass is 597 g/mol. The Morgan fingerprint density at radius 3 is 2.55 bits per heavy atom. The molecule has 13 heteroatoms. The number of carbonyl (C=O) groups excluding carboxylic acids is 1. The van der Waals surface area contributed by atoms with Crippen molar-refractivity contribution >= 4 is 25.5 Å². The third-order valence-electron chi connectivity index (χ3n) is 7.26. The van der Waals surface area contributed by atoms with Crippen LogP contribution in [0.2, 0.25) is 25.7 Å². The summed E-state index contributed by atoms with van der Waals surface area (Å²) in [6, 6.07) is 8.06. The Kier molecular flexibility index (Phi) is 7.75. The van der Waals surface area contributed by atoms with Crippen molar-refractivity contribution in [2.75, 3.05) is 23.8 Å². The maximum absolute atomic E-state index is 13.9. The van der Waals surface area contributed by atoms with Gasteiger partial charge in [0.1, 0.15) is 24.1 Å². The molecule has 3 aromatic heterocycles. The number of nitrogens with two attached hydrogens (primary N) is 1. The fraction of sp³-hybridized carbons (Fsp3) is 0.379. The zero-order chi connectivity index (χ0) is 30.4. The summed E-state index contributed by atoms with van der Waals surface area (Å²) in [6.45, 7) is 11.3. The van der Waals surface area contributed by atoms with Crippen molar-refractivity contribution in [3.8, 4) is 22.6 Å². The molecule has 222 valence electrons. The van der Waals surface area contributed by atoms with E-state index in [1.165, 1.54) is 24.0 Å². The topological polar surface area (TPSA) is 104 Å². The van der Waals surface area contributed by atoms with Gasteiger partial charge in [-0.05, 0) is 55.8 Å². The van der Waals surface area contributed by atoms with Gasteiger partial charge in [-0.3, -0.25) is 9.48 Å². The van der Waals surface area contributed by atoms with Crippen molar-refractivity contribution in [2.45, 2.75) is 58.5 Å². The molecule has 0 fully saturated rings. The van der Waals surface area contributed by atoms with E-state index in [4.69, 9.17) is 15.5 Å². The van der Waals surface area contributed by atoms with Gasteiger partial charge in [0.2, 0.25) is 0 Å². The van der Waals surface area contributed by atoms with E-state index in [1.807, 2.05) is 23.8 Å². The highest BCUT2D eigenvalue weighted by molar-refractivity contribution is 6.76. The van der Waals surface area contributed by atoms with Crippen LogP contribution in [0.25, 0.3) is 22.6 Å². The number of fused-ring (bicyclic) bond motifs is 1. The first kappa shape index (κ1) is 29.5. The Labute approximate surface area is 243 Å². The maximum Gasteiger partial charge on any atom is 0.416 e. The molecule has 4 heterocycles. The number of benzene rings is 1. The van der Waals surface area contributed by atoms with Crippen molar-refractivity contribution in [2.24, 2.45) is 0 Å². The van der Waals surface area contributed by atoms with Crippen molar-refractivity contribution < 1.29 is 22.7 Å². The summed E-state index contributed by atoms with van der Waals surface area (Å²) >= 11 is 0. The molecule has 42 heavy (non-hydrogen) atoms. The number of alkyl halides is 3. The number of nitrogen functional groups attached to an aromatic ring is 1. The Morgan fingerprint density at radius 2 is 1.90 bits per heavy atom. The molecular weight excluding hydrogens is 563 g/mol. The number of nitrogens with zero attached hydrogens (tertiary/aromatic N) is 6. The second-order valence-electron chi connectivity index (χ2n) is 11.9. The number of rotatable bonds is 8. The van der Waals surface area contributed by atoms with Gasteiger partial charge in [-0.25, -0.2) is 9.97 Å². The minimum Gasteiger partial charge on any atom is -0.384 e. The van der Waals surface area contributed by atoms with Crippen molar-refractivity contribution in [1.29, 1.82) is 0 Å². The van der Waals surface area contributed by atoms with Crippen LogP contribution >= 0.6 is 0 Å². The van der Waals surface area contributed by atoms with Crippen LogP contribution in [0.15, 0.2) is 48.9 Å². The largest absolute Gasteiger partial charge is 0.416 e. The fourth-order valence-electron chi connectivity index (χ4n) is 4.96. The smallest absolute Gasteiger partial charge is 0.384 e. The van der Waals surface area contributed by atoms with Crippen molar-refractivity contribution in [1.82, 2.24) is 24.3 Å². The highest BCUT2D eigenvalue weighted by Crippen LogP contribution is 2.37. The molecule has 4 aromatic rings. The van der Waals surface area contributed by atoms with Crippen molar-refractivity contribution in [3.05, 3.63) is 65.7 Å². The summed E-state index contributed by atoms with van der Waals surface area (Å²) in [4.78, 5) is 24.4. The first-order chi connectivity index (χ1) is 19.7. The molecular formula is C29H34F3N7O2Si. The summed E-state index contributed by atoms with van der Waals surface area (Å²) in [5.74, 6) is 0.612. The van der Waals surface area contributed by atoms with Crippen LogP contribution in [0.5, 0.6) is 0 Å². The number of carbonyl (C=O) groups is 1. The van der Waals surface area contributed by atoms with Gasteiger partial charge in [-0.1, -0.05) is 19.6 Å². The number of amides is 1. The Morgan fingerprint density at radius 1 is 1.14 bits per heavy atom. The average molecular weight is 598 g/mol. The van der Waals surface area contributed by atoms with Crippen LogP contribution in [0.4, 0.5) is 24.7 Å². The molecule has 1 aliphatic rings. The van der Waals surface area contributed by atoms with E-state index in [1.54, 1.807) is 23.1 Å². The second-order valence-corrected chi connectivity index (χ2v) is 17.5. The number of imidazole rings is 1. The molecule has 0 bridgehead atoms. The molecule has 1 amide bonds. The fourth-order valence-corrected chi connectivity index (χ4v) is 5.72. The Bertz CT molecular complexity index is 1610. The number of halogens is 3. The minimum absolute atomic E-state index is 0.0503. The number of anilines is 2. The summed E-state index contributed by atoms with van der Waals surface area (Å²) in [5.41, 5.74) is 7.60. The molecule has 1 aromatic carbocycles. The summed E-state index contributed by atoms with van der Waals surface area (Å²) in [5, 5.41) is 4.50. The zero-order valence-electron chi connectivity index (χ0n) is 24.2. The lowest BCUT2D eigenvalue weighted by Crippen LogP contribution is -2.42. The van der Waals surface area contributed by atoms with Gasteiger partial charge in [-0.15, -0.1) is 0 Å². The molecule has 0 aliphatic carbocycles. The van der Waals surface area contributed by atoms with Gasteiger partial charge in [0, 0.05) is 44.9 Å². The van der Waals surface area contributed by atoms with Gasteiger partial charge in [0.25, 0.3) is 5.91 Å². The highest BCUT2D eigenvalue weighted by Gasteiger charge is 2.36. The minimum atomic E-state index is -4.47. The lowest BCUT2D eigenvalue weighted by molar-refractivity contribution is -0.138. The van der Waals surface area contributed by atoms with Gasteiger partial charge in [-0.2, -0.15) is 18.3 Å². The van der Waals surface area contributed by atoms with Crippen LogP contribution in [-0.2, 0) is 17.6 Å². The normalized spacial score (nSPS) is 15.8. The molecule has 1 atom stereocenters. The number of aryl methyl sites for hydroxylation is 1. The Balaban J connectivity index is 1.51. The quantitative estimate of drug-likeness (QED) is 0.190. The van der Waals surface area contributed by atoms with Crippen LogP contribution in [0.3, 0.4) is 0 Å². The first-order valence-corrected chi connectivity index (χ1v) is 17.4. The third-order valence-corrected chi connectivity index (χ3v) is 8.96. The van der Waals surface area contributed by atoms with Gasteiger partial charge in [0.05, 0.1) is 29.1 Å².